The summed E-state index contributed by atoms with van der Waals surface area (Å²) >= 11 is 0. The minimum atomic E-state index is -3.33. The SMILES string of the molecule is COc1ccc([C@@H]2[C@@H](c3ccccc3)S(=O)(=O)N2C2CCCCC2)cc1. The Bertz CT molecular complexity index is 843. The van der Waals surface area contributed by atoms with Crippen molar-refractivity contribution in [1.29, 1.82) is 0 Å². The number of rotatable bonds is 4. The number of sulfonamides is 1. The molecule has 1 aliphatic carbocycles. The molecule has 0 bridgehead atoms. The fourth-order valence-corrected chi connectivity index (χ4v) is 6.78. The molecule has 5 heteroatoms. The lowest BCUT2D eigenvalue weighted by Gasteiger charge is -2.51. The molecular formula is C21H25NO3S. The molecule has 0 N–H and O–H groups in total. The smallest absolute Gasteiger partial charge is 0.223 e. The number of hydrogen-bond acceptors (Lipinski definition) is 3. The highest BCUT2D eigenvalue weighted by Gasteiger charge is 2.57. The van der Waals surface area contributed by atoms with E-state index in [1.165, 1.54) is 6.42 Å². The van der Waals surface area contributed by atoms with Gasteiger partial charge in [0, 0.05) is 6.04 Å². The molecule has 1 saturated heterocycles. The summed E-state index contributed by atoms with van der Waals surface area (Å²) in [4.78, 5) is 0. The van der Waals surface area contributed by atoms with Gasteiger partial charge in [0.1, 0.15) is 11.0 Å². The maximum Gasteiger partial charge on any atom is 0.223 e. The molecule has 1 heterocycles. The Hall–Kier alpha value is -1.85. The normalized spacial score (nSPS) is 26.2. The first-order chi connectivity index (χ1) is 12.6. The Morgan fingerprint density at radius 1 is 0.885 bits per heavy atom. The van der Waals surface area contributed by atoms with Crippen LogP contribution in [0.15, 0.2) is 54.6 Å². The molecule has 2 atom stereocenters. The molecule has 0 unspecified atom stereocenters. The summed E-state index contributed by atoms with van der Waals surface area (Å²) in [5, 5.41) is -0.501. The lowest BCUT2D eigenvalue weighted by Crippen LogP contribution is -2.57. The van der Waals surface area contributed by atoms with Crippen LogP contribution in [0.25, 0.3) is 0 Å². The second kappa shape index (κ2) is 7.05. The Morgan fingerprint density at radius 2 is 1.54 bits per heavy atom. The van der Waals surface area contributed by atoms with Crippen LogP contribution in [0.3, 0.4) is 0 Å². The van der Waals surface area contributed by atoms with Gasteiger partial charge >= 0.3 is 0 Å². The summed E-state index contributed by atoms with van der Waals surface area (Å²) in [7, 11) is -1.68. The van der Waals surface area contributed by atoms with Gasteiger partial charge in [-0.3, -0.25) is 0 Å². The Morgan fingerprint density at radius 3 is 2.15 bits per heavy atom. The summed E-state index contributed by atoms with van der Waals surface area (Å²) in [6, 6.07) is 17.5. The van der Waals surface area contributed by atoms with E-state index >= 15 is 0 Å². The first kappa shape index (κ1) is 17.6. The largest absolute Gasteiger partial charge is 0.497 e. The van der Waals surface area contributed by atoms with Crippen LogP contribution in [-0.2, 0) is 10.0 Å². The van der Waals surface area contributed by atoms with Gasteiger partial charge in [0.25, 0.3) is 0 Å². The average molecular weight is 372 g/mol. The van der Waals surface area contributed by atoms with E-state index in [0.717, 1.165) is 42.6 Å². The molecule has 4 nitrogen and oxygen atoms in total. The quantitative estimate of drug-likeness (QED) is 0.797. The molecule has 0 radical (unpaired) electrons. The Balaban J connectivity index is 1.74. The second-order valence-electron chi connectivity index (χ2n) is 7.22. The minimum Gasteiger partial charge on any atom is -0.497 e. The minimum absolute atomic E-state index is 0.126. The number of hydrogen-bond donors (Lipinski definition) is 0. The monoisotopic (exact) mass is 371 g/mol. The molecule has 0 aromatic heterocycles. The molecule has 1 saturated carbocycles. The summed E-state index contributed by atoms with van der Waals surface area (Å²) in [6.07, 6.45) is 5.37. The van der Waals surface area contributed by atoms with Crippen molar-refractivity contribution in [2.24, 2.45) is 0 Å². The first-order valence-electron chi connectivity index (χ1n) is 9.34. The van der Waals surface area contributed by atoms with E-state index in [9.17, 15) is 8.42 Å². The summed E-state index contributed by atoms with van der Waals surface area (Å²) in [5.74, 6) is 0.788. The molecule has 0 amide bonds. The number of methoxy groups -OCH3 is 1. The molecule has 1 aliphatic heterocycles. The number of benzene rings is 2. The van der Waals surface area contributed by atoms with Crippen molar-refractivity contribution in [3.63, 3.8) is 0 Å². The zero-order valence-corrected chi connectivity index (χ0v) is 15.9. The van der Waals surface area contributed by atoms with Gasteiger partial charge in [-0.15, -0.1) is 0 Å². The summed E-state index contributed by atoms with van der Waals surface area (Å²) in [6.45, 7) is 0. The Kier molecular flexibility index (Phi) is 4.76. The van der Waals surface area contributed by atoms with Gasteiger partial charge in [0.05, 0.1) is 13.2 Å². The third kappa shape index (κ3) is 2.93. The topological polar surface area (TPSA) is 46.6 Å². The second-order valence-corrected chi connectivity index (χ2v) is 9.18. The first-order valence-corrected chi connectivity index (χ1v) is 10.8. The third-order valence-corrected chi connectivity index (χ3v) is 7.98. The molecule has 2 aliphatic rings. The highest BCUT2D eigenvalue weighted by atomic mass is 32.2. The Labute approximate surface area is 155 Å². The van der Waals surface area contributed by atoms with E-state index in [4.69, 9.17) is 4.74 Å². The van der Waals surface area contributed by atoms with Gasteiger partial charge in [0.15, 0.2) is 0 Å². The van der Waals surface area contributed by atoms with Crippen molar-refractivity contribution >= 4 is 10.0 Å². The highest BCUT2D eigenvalue weighted by molar-refractivity contribution is 7.90. The van der Waals surface area contributed by atoms with Crippen molar-refractivity contribution in [3.05, 3.63) is 65.7 Å². The molecule has 0 spiro atoms. The van der Waals surface area contributed by atoms with E-state index in [1.54, 1.807) is 11.4 Å². The van der Waals surface area contributed by atoms with Crippen LogP contribution >= 0.6 is 0 Å². The van der Waals surface area contributed by atoms with E-state index in [2.05, 4.69) is 0 Å². The molecule has 2 aromatic rings. The van der Waals surface area contributed by atoms with Crippen LogP contribution in [0.5, 0.6) is 5.75 Å². The zero-order chi connectivity index (χ0) is 18.1. The lowest BCUT2D eigenvalue weighted by molar-refractivity contribution is 0.156. The van der Waals surface area contributed by atoms with Crippen LogP contribution in [0.4, 0.5) is 0 Å². The molecular weight excluding hydrogens is 346 g/mol. The van der Waals surface area contributed by atoms with E-state index in [-0.39, 0.29) is 12.1 Å². The zero-order valence-electron chi connectivity index (χ0n) is 15.0. The maximum absolute atomic E-state index is 13.3. The molecule has 4 rings (SSSR count). The van der Waals surface area contributed by atoms with Gasteiger partial charge in [-0.25, -0.2) is 8.42 Å². The van der Waals surface area contributed by atoms with Crippen LogP contribution < -0.4 is 4.74 Å². The van der Waals surface area contributed by atoms with Crippen molar-refractivity contribution in [2.45, 2.75) is 49.4 Å². The van der Waals surface area contributed by atoms with Crippen LogP contribution in [0.1, 0.15) is 54.5 Å². The van der Waals surface area contributed by atoms with Crippen molar-refractivity contribution in [2.75, 3.05) is 7.11 Å². The summed E-state index contributed by atoms with van der Waals surface area (Å²) in [5.41, 5.74) is 1.92. The van der Waals surface area contributed by atoms with E-state index in [1.807, 2.05) is 54.6 Å². The number of nitrogens with zero attached hydrogens (tertiary/aromatic N) is 1. The molecule has 26 heavy (non-hydrogen) atoms. The summed E-state index contributed by atoms with van der Waals surface area (Å²) < 4.78 is 33.6. The van der Waals surface area contributed by atoms with Crippen LogP contribution in [-0.4, -0.2) is 25.9 Å². The number of ether oxygens (including phenoxy) is 1. The van der Waals surface area contributed by atoms with Gasteiger partial charge in [-0.2, -0.15) is 4.31 Å². The predicted molar refractivity (Wildman–Crippen MR) is 103 cm³/mol. The van der Waals surface area contributed by atoms with Gasteiger partial charge < -0.3 is 4.74 Å². The molecule has 2 fully saturated rings. The maximum atomic E-state index is 13.3. The van der Waals surface area contributed by atoms with Crippen molar-refractivity contribution in [1.82, 2.24) is 4.31 Å². The highest BCUT2D eigenvalue weighted by Crippen LogP contribution is 2.54. The molecule has 138 valence electrons. The third-order valence-electron chi connectivity index (χ3n) is 5.70. The van der Waals surface area contributed by atoms with Gasteiger partial charge in [-0.05, 0) is 36.1 Å². The van der Waals surface area contributed by atoms with E-state index in [0.29, 0.717) is 0 Å². The van der Waals surface area contributed by atoms with Crippen molar-refractivity contribution < 1.29 is 13.2 Å². The van der Waals surface area contributed by atoms with Crippen molar-refractivity contribution in [3.8, 4) is 5.75 Å². The fourth-order valence-electron chi connectivity index (χ4n) is 4.41. The lowest BCUT2D eigenvalue weighted by atomic mass is 9.91. The van der Waals surface area contributed by atoms with E-state index < -0.39 is 15.3 Å². The fraction of sp³-hybridized carbons (Fsp3) is 0.429. The molecule has 2 aromatic carbocycles. The predicted octanol–water partition coefficient (Wildman–Crippen LogP) is 4.46. The van der Waals surface area contributed by atoms with Crippen LogP contribution in [0.2, 0.25) is 0 Å². The van der Waals surface area contributed by atoms with Crippen LogP contribution in [0, 0.1) is 0 Å². The average Bonchev–Trinajstić information content (AvgIpc) is 2.68. The standard InChI is InChI=1S/C21H25NO3S/c1-25-19-14-12-16(13-15-19)20-21(17-8-4-2-5-9-17)26(23,24)22(20)18-10-6-3-7-11-18/h2,4-5,8-9,12-15,18,20-21H,3,6-7,10-11H2,1H3/t20-,21-/m1/s1. The van der Waals surface area contributed by atoms with Gasteiger partial charge in [-0.1, -0.05) is 61.7 Å². The van der Waals surface area contributed by atoms with Gasteiger partial charge in [0.2, 0.25) is 10.0 Å².